The summed E-state index contributed by atoms with van der Waals surface area (Å²) >= 11 is 6.05. The number of hydrogen-bond donors (Lipinski definition) is 1. The number of halogens is 1. The fraction of sp³-hybridized carbons (Fsp3) is 0.600. The van der Waals surface area contributed by atoms with E-state index in [-0.39, 0.29) is 0 Å². The smallest absolute Gasteiger partial charge is 0.0429 e. The lowest BCUT2D eigenvalue weighted by Gasteiger charge is -2.36. The first-order chi connectivity index (χ1) is 9.08. The topological polar surface area (TPSA) is 32.5 Å². The van der Waals surface area contributed by atoms with Gasteiger partial charge in [0.25, 0.3) is 0 Å². The Morgan fingerprint density at radius 3 is 2.58 bits per heavy atom. The molecule has 0 radical (unpaired) electrons. The molecule has 0 unspecified atom stereocenters. The molecular formula is C15H24ClN3. The van der Waals surface area contributed by atoms with Gasteiger partial charge >= 0.3 is 0 Å². The van der Waals surface area contributed by atoms with Gasteiger partial charge in [-0.05, 0) is 63.3 Å². The van der Waals surface area contributed by atoms with Gasteiger partial charge in [0.15, 0.2) is 0 Å². The quantitative estimate of drug-likeness (QED) is 0.862. The minimum absolute atomic E-state index is 0.669. The molecule has 0 saturated carbocycles. The van der Waals surface area contributed by atoms with Crippen molar-refractivity contribution >= 4 is 17.3 Å². The van der Waals surface area contributed by atoms with Gasteiger partial charge in [0.1, 0.15) is 0 Å². The number of nitrogens with two attached hydrogens (primary N) is 1. The summed E-state index contributed by atoms with van der Waals surface area (Å²) in [4.78, 5) is 4.94. The molecule has 106 valence electrons. The van der Waals surface area contributed by atoms with Crippen LogP contribution < -0.4 is 5.73 Å². The average Bonchev–Trinajstić information content (AvgIpc) is 2.37. The fourth-order valence-electron chi connectivity index (χ4n) is 2.86. The van der Waals surface area contributed by atoms with E-state index in [1.807, 2.05) is 12.1 Å². The van der Waals surface area contributed by atoms with E-state index in [1.165, 1.54) is 38.0 Å². The molecule has 4 heteroatoms. The fourth-order valence-corrected chi connectivity index (χ4v) is 3.13. The maximum absolute atomic E-state index is 6.05. The molecule has 3 nitrogen and oxygen atoms in total. The molecule has 0 spiro atoms. The molecule has 0 bridgehead atoms. The Morgan fingerprint density at radius 1 is 1.32 bits per heavy atom. The summed E-state index contributed by atoms with van der Waals surface area (Å²) in [6.07, 6.45) is 2.50. The largest absolute Gasteiger partial charge is 0.399 e. The first kappa shape index (κ1) is 14.6. The van der Waals surface area contributed by atoms with Crippen LogP contribution in [-0.4, -0.2) is 42.5 Å². The van der Waals surface area contributed by atoms with Crippen molar-refractivity contribution in [2.24, 2.45) is 0 Å². The standard InChI is InChI=1S/C15H24ClN3/c1-3-19-6-4-15(5-7-19)18(2)11-12-8-13(16)10-14(17)9-12/h8-10,15H,3-7,11,17H2,1-2H3. The van der Waals surface area contributed by atoms with Crippen molar-refractivity contribution in [2.45, 2.75) is 32.4 Å². The first-order valence-corrected chi connectivity index (χ1v) is 7.44. The van der Waals surface area contributed by atoms with Crippen molar-refractivity contribution in [1.82, 2.24) is 9.80 Å². The molecular weight excluding hydrogens is 258 g/mol. The summed E-state index contributed by atoms with van der Waals surface area (Å²) in [6, 6.07) is 6.49. The predicted octanol–water partition coefficient (Wildman–Crippen LogP) is 2.84. The van der Waals surface area contributed by atoms with E-state index in [0.717, 1.165) is 17.3 Å². The lowest BCUT2D eigenvalue weighted by Crippen LogP contribution is -2.42. The number of likely N-dealkylation sites (tertiary alicyclic amines) is 1. The molecule has 2 rings (SSSR count). The third-order valence-electron chi connectivity index (χ3n) is 4.04. The molecule has 1 aromatic carbocycles. The van der Waals surface area contributed by atoms with E-state index in [9.17, 15) is 0 Å². The third-order valence-corrected chi connectivity index (χ3v) is 4.26. The summed E-state index contributed by atoms with van der Waals surface area (Å²) in [5.41, 5.74) is 7.79. The van der Waals surface area contributed by atoms with Gasteiger partial charge in [-0.2, -0.15) is 0 Å². The summed E-state index contributed by atoms with van der Waals surface area (Å²) in [7, 11) is 2.20. The summed E-state index contributed by atoms with van der Waals surface area (Å²) < 4.78 is 0. The number of nitrogen functional groups attached to an aromatic ring is 1. The van der Waals surface area contributed by atoms with E-state index < -0.39 is 0 Å². The Balaban J connectivity index is 1.92. The van der Waals surface area contributed by atoms with Crippen LogP contribution in [0, 0.1) is 0 Å². The van der Waals surface area contributed by atoms with Crippen LogP contribution in [0.25, 0.3) is 0 Å². The van der Waals surface area contributed by atoms with Crippen molar-refractivity contribution in [2.75, 3.05) is 32.4 Å². The van der Waals surface area contributed by atoms with Crippen LogP contribution in [0.4, 0.5) is 5.69 Å². The molecule has 1 aliphatic heterocycles. The van der Waals surface area contributed by atoms with Crippen molar-refractivity contribution in [3.8, 4) is 0 Å². The van der Waals surface area contributed by atoms with Crippen LogP contribution in [0.3, 0.4) is 0 Å². The Morgan fingerprint density at radius 2 is 2.00 bits per heavy atom. The highest BCUT2D eigenvalue weighted by molar-refractivity contribution is 6.30. The zero-order valence-electron chi connectivity index (χ0n) is 11.9. The van der Waals surface area contributed by atoms with E-state index in [1.54, 1.807) is 6.07 Å². The maximum Gasteiger partial charge on any atom is 0.0429 e. The second kappa shape index (κ2) is 6.60. The summed E-state index contributed by atoms with van der Waals surface area (Å²) in [6.45, 7) is 6.74. The number of anilines is 1. The van der Waals surface area contributed by atoms with E-state index in [2.05, 4.69) is 23.8 Å². The zero-order valence-corrected chi connectivity index (χ0v) is 12.7. The summed E-state index contributed by atoms with van der Waals surface area (Å²) in [5, 5.41) is 0.726. The molecule has 19 heavy (non-hydrogen) atoms. The molecule has 0 atom stereocenters. The lowest BCUT2D eigenvalue weighted by atomic mass is 10.0. The highest BCUT2D eigenvalue weighted by Crippen LogP contribution is 2.21. The number of piperidine rings is 1. The second-order valence-corrected chi connectivity index (χ2v) is 5.91. The third kappa shape index (κ3) is 4.10. The molecule has 2 N–H and O–H groups in total. The number of nitrogens with zero attached hydrogens (tertiary/aromatic N) is 2. The Kier molecular flexibility index (Phi) is 5.08. The van der Waals surface area contributed by atoms with Gasteiger partial charge in [-0.1, -0.05) is 18.5 Å². The SMILES string of the molecule is CCN1CCC(N(C)Cc2cc(N)cc(Cl)c2)CC1. The molecule has 0 aliphatic carbocycles. The Labute approximate surface area is 121 Å². The Hall–Kier alpha value is -0.770. The van der Waals surface area contributed by atoms with Crippen LogP contribution >= 0.6 is 11.6 Å². The molecule has 1 aromatic rings. The minimum atomic E-state index is 0.669. The molecule has 1 saturated heterocycles. The van der Waals surface area contributed by atoms with E-state index >= 15 is 0 Å². The van der Waals surface area contributed by atoms with Crippen molar-refractivity contribution in [3.63, 3.8) is 0 Å². The van der Waals surface area contributed by atoms with E-state index in [4.69, 9.17) is 17.3 Å². The molecule has 1 aliphatic rings. The van der Waals surface area contributed by atoms with Crippen LogP contribution in [0.15, 0.2) is 18.2 Å². The number of hydrogen-bond acceptors (Lipinski definition) is 3. The average molecular weight is 282 g/mol. The van der Waals surface area contributed by atoms with Gasteiger partial charge < -0.3 is 10.6 Å². The van der Waals surface area contributed by atoms with Crippen molar-refractivity contribution < 1.29 is 0 Å². The first-order valence-electron chi connectivity index (χ1n) is 7.06. The predicted molar refractivity (Wildman–Crippen MR) is 82.5 cm³/mol. The highest BCUT2D eigenvalue weighted by atomic mass is 35.5. The summed E-state index contributed by atoms with van der Waals surface area (Å²) in [5.74, 6) is 0. The lowest BCUT2D eigenvalue weighted by molar-refractivity contribution is 0.127. The molecule has 0 aromatic heterocycles. The number of rotatable bonds is 4. The Bertz CT molecular complexity index is 394. The highest BCUT2D eigenvalue weighted by Gasteiger charge is 2.21. The van der Waals surface area contributed by atoms with E-state index in [0.29, 0.717) is 6.04 Å². The monoisotopic (exact) mass is 281 g/mol. The van der Waals surface area contributed by atoms with Gasteiger partial charge in [0.05, 0.1) is 0 Å². The van der Waals surface area contributed by atoms with Gasteiger partial charge in [0.2, 0.25) is 0 Å². The van der Waals surface area contributed by atoms with Crippen molar-refractivity contribution in [1.29, 1.82) is 0 Å². The minimum Gasteiger partial charge on any atom is -0.399 e. The second-order valence-electron chi connectivity index (χ2n) is 5.47. The van der Waals surface area contributed by atoms with Gasteiger partial charge in [0, 0.05) is 23.3 Å². The maximum atomic E-state index is 6.05. The van der Waals surface area contributed by atoms with Gasteiger partial charge in [-0.25, -0.2) is 0 Å². The molecule has 0 amide bonds. The normalized spacial score (nSPS) is 18.1. The van der Waals surface area contributed by atoms with Gasteiger partial charge in [-0.15, -0.1) is 0 Å². The van der Waals surface area contributed by atoms with Crippen molar-refractivity contribution in [3.05, 3.63) is 28.8 Å². The van der Waals surface area contributed by atoms with Crippen LogP contribution in [-0.2, 0) is 6.54 Å². The van der Waals surface area contributed by atoms with Gasteiger partial charge in [-0.3, -0.25) is 4.90 Å². The molecule has 1 heterocycles. The zero-order chi connectivity index (χ0) is 13.8. The van der Waals surface area contributed by atoms with Crippen LogP contribution in [0.1, 0.15) is 25.3 Å². The number of benzene rings is 1. The van der Waals surface area contributed by atoms with Crippen LogP contribution in [0.5, 0.6) is 0 Å². The molecule has 1 fully saturated rings. The van der Waals surface area contributed by atoms with Crippen LogP contribution in [0.2, 0.25) is 5.02 Å².